The predicted octanol–water partition coefficient (Wildman–Crippen LogP) is 1.61. The summed E-state index contributed by atoms with van der Waals surface area (Å²) >= 11 is 0. The number of nitrogens with zero attached hydrogens (tertiary/aromatic N) is 1. The molecule has 0 aliphatic carbocycles. The Bertz CT molecular complexity index is 415. The second kappa shape index (κ2) is 6.57. The van der Waals surface area contributed by atoms with Crippen LogP contribution in [-0.2, 0) is 5.60 Å². The van der Waals surface area contributed by atoms with Gasteiger partial charge in [0.25, 0.3) is 0 Å². The largest absolute Gasteiger partial charge is 0.385 e. The number of hydrogen-bond donors (Lipinski definition) is 3. The van der Waals surface area contributed by atoms with E-state index in [9.17, 15) is 5.11 Å². The lowest BCUT2D eigenvalue weighted by Gasteiger charge is -2.24. The van der Waals surface area contributed by atoms with Crippen LogP contribution in [0.25, 0.3) is 0 Å². The van der Waals surface area contributed by atoms with E-state index in [1.165, 1.54) is 0 Å². The van der Waals surface area contributed by atoms with Gasteiger partial charge in [0.1, 0.15) is 0 Å². The fourth-order valence-electron chi connectivity index (χ4n) is 2.17. The van der Waals surface area contributed by atoms with Crippen molar-refractivity contribution in [2.45, 2.75) is 31.8 Å². The molecule has 4 nitrogen and oxygen atoms in total. The Hall–Kier alpha value is -1.55. The highest BCUT2D eigenvalue weighted by molar-refractivity contribution is 5.79. The SMILES string of the molecule is CC(O)(CCNC1=NCCCCN1)c1ccccc1. The molecule has 1 heterocycles. The minimum atomic E-state index is -0.806. The van der Waals surface area contributed by atoms with Crippen LogP contribution in [0.1, 0.15) is 31.7 Å². The van der Waals surface area contributed by atoms with Gasteiger partial charge < -0.3 is 15.7 Å². The molecule has 19 heavy (non-hydrogen) atoms. The van der Waals surface area contributed by atoms with Crippen molar-refractivity contribution in [2.24, 2.45) is 4.99 Å². The Balaban J connectivity index is 1.83. The molecule has 1 unspecified atom stereocenters. The Morgan fingerprint density at radius 1 is 1.32 bits per heavy atom. The summed E-state index contributed by atoms with van der Waals surface area (Å²) in [6, 6.07) is 9.78. The fraction of sp³-hybridized carbons (Fsp3) is 0.533. The Morgan fingerprint density at radius 3 is 2.89 bits per heavy atom. The fourth-order valence-corrected chi connectivity index (χ4v) is 2.17. The van der Waals surface area contributed by atoms with Crippen LogP contribution in [-0.4, -0.2) is 30.7 Å². The molecule has 0 spiro atoms. The molecule has 0 bridgehead atoms. The third-order valence-corrected chi connectivity index (χ3v) is 3.45. The average Bonchev–Trinajstić information content (AvgIpc) is 2.68. The summed E-state index contributed by atoms with van der Waals surface area (Å²) in [4.78, 5) is 4.43. The molecular weight excluding hydrogens is 238 g/mol. The molecule has 3 N–H and O–H groups in total. The van der Waals surface area contributed by atoms with Crippen molar-refractivity contribution in [2.75, 3.05) is 19.6 Å². The number of rotatable bonds is 4. The van der Waals surface area contributed by atoms with Gasteiger partial charge >= 0.3 is 0 Å². The first-order chi connectivity index (χ1) is 9.18. The highest BCUT2D eigenvalue weighted by Crippen LogP contribution is 2.23. The number of benzene rings is 1. The molecular formula is C15H23N3O. The lowest BCUT2D eigenvalue weighted by atomic mass is 9.93. The van der Waals surface area contributed by atoms with Crippen molar-refractivity contribution < 1.29 is 5.11 Å². The first kappa shape index (κ1) is 13.9. The molecule has 1 aliphatic rings. The molecule has 0 saturated carbocycles. The standard InChI is InChI=1S/C15H23N3O/c1-15(19,13-7-3-2-4-8-13)9-12-18-14-16-10-5-6-11-17-14/h2-4,7-8,19H,5-6,9-12H2,1H3,(H2,16,17,18). The van der Waals surface area contributed by atoms with E-state index in [1.807, 2.05) is 37.3 Å². The van der Waals surface area contributed by atoms with Crippen LogP contribution < -0.4 is 10.6 Å². The van der Waals surface area contributed by atoms with Gasteiger partial charge in [-0.05, 0) is 31.7 Å². The Labute approximate surface area is 114 Å². The topological polar surface area (TPSA) is 56.6 Å². The molecule has 0 amide bonds. The highest BCUT2D eigenvalue weighted by Gasteiger charge is 2.22. The van der Waals surface area contributed by atoms with Gasteiger partial charge in [-0.25, -0.2) is 0 Å². The van der Waals surface area contributed by atoms with Crippen molar-refractivity contribution in [3.05, 3.63) is 35.9 Å². The van der Waals surface area contributed by atoms with Gasteiger partial charge in [-0.1, -0.05) is 30.3 Å². The van der Waals surface area contributed by atoms with Gasteiger partial charge in [0.15, 0.2) is 5.96 Å². The molecule has 1 atom stereocenters. The van der Waals surface area contributed by atoms with Gasteiger partial charge in [-0.15, -0.1) is 0 Å². The molecule has 0 radical (unpaired) electrons. The summed E-state index contributed by atoms with van der Waals surface area (Å²) in [5.41, 5.74) is 0.145. The lowest BCUT2D eigenvalue weighted by molar-refractivity contribution is 0.0492. The Kier molecular flexibility index (Phi) is 4.80. The van der Waals surface area contributed by atoms with E-state index >= 15 is 0 Å². The molecule has 2 rings (SSSR count). The zero-order valence-electron chi connectivity index (χ0n) is 11.5. The molecule has 0 fully saturated rings. The molecule has 1 aromatic carbocycles. The summed E-state index contributed by atoms with van der Waals surface area (Å²) in [6.45, 7) is 4.41. The van der Waals surface area contributed by atoms with Crippen LogP contribution in [0, 0.1) is 0 Å². The minimum absolute atomic E-state index is 0.651. The maximum Gasteiger partial charge on any atom is 0.191 e. The van der Waals surface area contributed by atoms with Crippen LogP contribution in [0.2, 0.25) is 0 Å². The second-order valence-electron chi connectivity index (χ2n) is 5.18. The Morgan fingerprint density at radius 2 is 2.11 bits per heavy atom. The van der Waals surface area contributed by atoms with Crippen molar-refractivity contribution >= 4 is 5.96 Å². The van der Waals surface area contributed by atoms with Crippen molar-refractivity contribution in [3.8, 4) is 0 Å². The van der Waals surface area contributed by atoms with Crippen molar-refractivity contribution in [1.82, 2.24) is 10.6 Å². The third-order valence-electron chi connectivity index (χ3n) is 3.45. The van der Waals surface area contributed by atoms with Crippen LogP contribution in [0.3, 0.4) is 0 Å². The molecule has 1 aromatic rings. The van der Waals surface area contributed by atoms with E-state index in [2.05, 4.69) is 15.6 Å². The van der Waals surface area contributed by atoms with E-state index in [0.29, 0.717) is 13.0 Å². The first-order valence-electron chi connectivity index (χ1n) is 6.98. The maximum absolute atomic E-state index is 10.5. The highest BCUT2D eigenvalue weighted by atomic mass is 16.3. The third kappa shape index (κ3) is 4.24. The summed E-state index contributed by atoms with van der Waals surface area (Å²) in [6.07, 6.45) is 2.95. The average molecular weight is 261 g/mol. The molecule has 0 saturated heterocycles. The lowest BCUT2D eigenvalue weighted by Crippen LogP contribution is -2.39. The van der Waals surface area contributed by atoms with E-state index < -0.39 is 5.60 Å². The van der Waals surface area contributed by atoms with Crippen LogP contribution in [0.5, 0.6) is 0 Å². The van der Waals surface area contributed by atoms with E-state index in [-0.39, 0.29) is 0 Å². The summed E-state index contributed by atoms with van der Waals surface area (Å²) in [7, 11) is 0. The smallest absolute Gasteiger partial charge is 0.191 e. The minimum Gasteiger partial charge on any atom is -0.385 e. The summed E-state index contributed by atoms with van der Waals surface area (Å²) in [5, 5.41) is 17.0. The molecule has 1 aliphatic heterocycles. The zero-order valence-corrected chi connectivity index (χ0v) is 11.5. The van der Waals surface area contributed by atoms with Gasteiger partial charge in [-0.3, -0.25) is 4.99 Å². The summed E-state index contributed by atoms with van der Waals surface area (Å²) < 4.78 is 0. The first-order valence-corrected chi connectivity index (χ1v) is 6.98. The van der Waals surface area contributed by atoms with Crippen molar-refractivity contribution in [3.63, 3.8) is 0 Å². The van der Waals surface area contributed by atoms with E-state index in [4.69, 9.17) is 0 Å². The number of aliphatic imine (C=N–C) groups is 1. The molecule has 0 aromatic heterocycles. The van der Waals surface area contributed by atoms with E-state index in [0.717, 1.165) is 37.5 Å². The van der Waals surface area contributed by atoms with Crippen molar-refractivity contribution in [1.29, 1.82) is 0 Å². The predicted molar refractivity (Wildman–Crippen MR) is 78.2 cm³/mol. The molecule has 104 valence electrons. The van der Waals surface area contributed by atoms with Gasteiger partial charge in [0.05, 0.1) is 5.60 Å². The number of hydrogen-bond acceptors (Lipinski definition) is 4. The second-order valence-corrected chi connectivity index (χ2v) is 5.18. The van der Waals surface area contributed by atoms with Gasteiger partial charge in [0.2, 0.25) is 0 Å². The van der Waals surface area contributed by atoms with Gasteiger partial charge in [-0.2, -0.15) is 0 Å². The quantitative estimate of drug-likeness (QED) is 0.772. The van der Waals surface area contributed by atoms with Crippen LogP contribution in [0.15, 0.2) is 35.3 Å². The molecule has 4 heteroatoms. The summed E-state index contributed by atoms with van der Waals surface area (Å²) in [5.74, 6) is 0.862. The number of guanidine groups is 1. The van der Waals surface area contributed by atoms with E-state index in [1.54, 1.807) is 0 Å². The van der Waals surface area contributed by atoms with Crippen LogP contribution >= 0.6 is 0 Å². The monoisotopic (exact) mass is 261 g/mol. The normalized spacial score (nSPS) is 18.7. The van der Waals surface area contributed by atoms with Crippen LogP contribution in [0.4, 0.5) is 0 Å². The maximum atomic E-state index is 10.5. The zero-order chi connectivity index (χ0) is 13.6. The van der Waals surface area contributed by atoms with Gasteiger partial charge in [0, 0.05) is 19.6 Å². The number of nitrogens with one attached hydrogen (secondary N) is 2. The number of aliphatic hydroxyl groups is 1.